The predicted octanol–water partition coefficient (Wildman–Crippen LogP) is -0.00900. The molecule has 0 radical (unpaired) electrons. The molecular weight excluding hydrogens is 236 g/mol. The summed E-state index contributed by atoms with van der Waals surface area (Å²) in [4.78, 5) is 9.30. The number of hydrogen-bond acceptors (Lipinski definition) is 4. The maximum absolute atomic E-state index is 11.4. The Morgan fingerprint density at radius 2 is 1.17 bits per heavy atom. The van der Waals surface area contributed by atoms with Crippen LogP contribution in [0.2, 0.25) is 0 Å². The molecule has 6 nitrogen and oxygen atoms in total. The Bertz CT molecular complexity index is 497. The molecule has 0 bridgehead atoms. The highest BCUT2D eigenvalue weighted by Gasteiger charge is 2.07. The number of nitrogens with one attached hydrogen (secondary N) is 2. The highest BCUT2D eigenvalue weighted by Crippen LogP contribution is 2.19. The topological polar surface area (TPSA) is 73.5 Å². The smallest absolute Gasteiger partial charge is 0.164 e. The van der Waals surface area contributed by atoms with Gasteiger partial charge in [-0.2, -0.15) is 10.5 Å². The molecule has 0 saturated heterocycles. The predicted molar refractivity (Wildman–Crippen MR) is 65.9 cm³/mol. The van der Waals surface area contributed by atoms with Crippen molar-refractivity contribution in [2.45, 2.75) is 0 Å². The van der Waals surface area contributed by atoms with E-state index < -0.39 is 0 Å². The van der Waals surface area contributed by atoms with Crippen molar-refractivity contribution in [1.29, 1.82) is 0 Å². The summed E-state index contributed by atoms with van der Waals surface area (Å²) >= 11 is 0. The molecule has 0 spiro atoms. The Hall–Kier alpha value is -1.54. The summed E-state index contributed by atoms with van der Waals surface area (Å²) in [5.74, 6) is 0. The van der Waals surface area contributed by atoms with E-state index in [1.807, 2.05) is 0 Å². The molecule has 0 aromatic heterocycles. The first kappa shape index (κ1) is 12.9. The van der Waals surface area contributed by atoms with Gasteiger partial charge >= 0.3 is 0 Å². The minimum atomic E-state index is -0.381. The maximum atomic E-state index is 11.4. The van der Waals surface area contributed by atoms with Gasteiger partial charge in [-0.05, 0) is 22.9 Å². The third-order valence-corrected chi connectivity index (χ3v) is 2.68. The molecule has 2 N–H and O–H groups in total. The molecule has 2 aromatic rings. The zero-order chi connectivity index (χ0) is 13.1. The van der Waals surface area contributed by atoms with Gasteiger partial charge < -0.3 is 10.4 Å². The zero-order valence-electron chi connectivity index (χ0n) is 10.1. The van der Waals surface area contributed by atoms with Gasteiger partial charge in [0.15, 0.2) is 11.4 Å². The van der Waals surface area contributed by atoms with E-state index in [4.69, 9.17) is 0 Å². The molecule has 2 atom stereocenters. The second-order valence-electron chi connectivity index (χ2n) is 3.76. The van der Waals surface area contributed by atoms with Crippen LogP contribution in [-0.2, 0) is 9.68 Å². The lowest BCUT2D eigenvalue weighted by molar-refractivity contribution is -0.992. The molecule has 2 unspecified atom stereocenters. The van der Waals surface area contributed by atoms with Crippen LogP contribution in [0.3, 0.4) is 0 Å². The molecule has 2 rings (SSSR count). The van der Waals surface area contributed by atoms with E-state index in [-0.39, 0.29) is 10.5 Å². The van der Waals surface area contributed by atoms with Gasteiger partial charge in [0.1, 0.15) is 0 Å². The summed E-state index contributed by atoms with van der Waals surface area (Å²) in [6.45, 7) is 0. The lowest BCUT2D eigenvalue weighted by Gasteiger charge is -2.18. The number of hydrogen-bond donors (Lipinski definition) is 2. The van der Waals surface area contributed by atoms with Crippen LogP contribution in [0, 0.1) is 10.4 Å². The summed E-state index contributed by atoms with van der Waals surface area (Å²) in [5.41, 5.74) is 0.964. The van der Waals surface area contributed by atoms with Crippen LogP contribution in [0.25, 0.3) is 10.8 Å². The highest BCUT2D eigenvalue weighted by atomic mass is 16.9. The van der Waals surface area contributed by atoms with E-state index >= 15 is 0 Å². The normalized spacial score (nSPS) is 14.7. The van der Waals surface area contributed by atoms with E-state index in [1.165, 1.54) is 14.2 Å². The molecule has 0 aliphatic rings. The number of quaternary nitrogens is 2. The molecule has 2 aromatic carbocycles. The third-order valence-electron chi connectivity index (χ3n) is 2.68. The standard InChI is InChI=1S/C12H14N2O4/c1-17-13(15)11-5-3-10-8-12(14(16)18-2)6-4-9(10)7-11/h3-8,13-14H,1-2H3. The second-order valence-corrected chi connectivity index (χ2v) is 3.76. The molecule has 96 valence electrons. The first-order valence-electron chi connectivity index (χ1n) is 5.36. The van der Waals surface area contributed by atoms with Gasteiger partial charge in [0.25, 0.3) is 0 Å². The van der Waals surface area contributed by atoms with Gasteiger partial charge in [-0.1, -0.05) is 0 Å². The Labute approximate surface area is 104 Å². The minimum Gasteiger partial charge on any atom is -0.595 e. The van der Waals surface area contributed by atoms with Crippen molar-refractivity contribution in [3.05, 3.63) is 46.8 Å². The second kappa shape index (κ2) is 5.40. The fourth-order valence-electron chi connectivity index (χ4n) is 1.74. The molecule has 0 aliphatic heterocycles. The van der Waals surface area contributed by atoms with Crippen LogP contribution in [0.4, 0.5) is 11.4 Å². The van der Waals surface area contributed by atoms with Crippen LogP contribution < -0.4 is 10.5 Å². The van der Waals surface area contributed by atoms with Crippen LogP contribution in [-0.4, -0.2) is 14.2 Å². The van der Waals surface area contributed by atoms with Crippen molar-refractivity contribution in [2.24, 2.45) is 0 Å². The molecule has 6 heteroatoms. The van der Waals surface area contributed by atoms with Gasteiger partial charge in [0.2, 0.25) is 0 Å². The summed E-state index contributed by atoms with van der Waals surface area (Å²) in [7, 11) is 2.68. The maximum Gasteiger partial charge on any atom is 0.164 e. The molecular formula is C12H14N2O4. The average molecular weight is 250 g/mol. The van der Waals surface area contributed by atoms with Gasteiger partial charge in [-0.3, -0.25) is 0 Å². The van der Waals surface area contributed by atoms with E-state index in [1.54, 1.807) is 36.4 Å². The lowest BCUT2D eigenvalue weighted by Crippen LogP contribution is -3.00. The first-order chi connectivity index (χ1) is 8.65. The van der Waals surface area contributed by atoms with Crippen molar-refractivity contribution < 1.29 is 20.1 Å². The van der Waals surface area contributed by atoms with Gasteiger partial charge in [-0.15, -0.1) is 0 Å². The van der Waals surface area contributed by atoms with Crippen molar-refractivity contribution in [3.8, 4) is 0 Å². The SMILES string of the molecule is CO[NH+]([O-])c1ccc2cc([NH+]([O-])OC)ccc2c1. The van der Waals surface area contributed by atoms with Crippen molar-refractivity contribution in [3.63, 3.8) is 0 Å². The van der Waals surface area contributed by atoms with Crippen molar-refractivity contribution in [1.82, 2.24) is 0 Å². The number of rotatable bonds is 4. The lowest BCUT2D eigenvalue weighted by atomic mass is 10.1. The monoisotopic (exact) mass is 250 g/mol. The molecule has 0 aliphatic carbocycles. The molecule has 0 heterocycles. The van der Waals surface area contributed by atoms with Crippen molar-refractivity contribution >= 4 is 22.1 Å². The Balaban J connectivity index is 2.42. The molecule has 0 saturated carbocycles. The fourth-order valence-corrected chi connectivity index (χ4v) is 1.74. The van der Waals surface area contributed by atoms with E-state index in [9.17, 15) is 10.4 Å². The van der Waals surface area contributed by atoms with Crippen LogP contribution in [0.1, 0.15) is 0 Å². The summed E-state index contributed by atoms with van der Waals surface area (Å²) in [6, 6.07) is 10.3. The molecule has 0 fully saturated rings. The quantitative estimate of drug-likeness (QED) is 0.749. The van der Waals surface area contributed by atoms with Crippen LogP contribution in [0.15, 0.2) is 36.4 Å². The van der Waals surface area contributed by atoms with E-state index in [0.29, 0.717) is 11.4 Å². The van der Waals surface area contributed by atoms with Crippen molar-refractivity contribution in [2.75, 3.05) is 14.2 Å². The Morgan fingerprint density at radius 3 is 1.50 bits per heavy atom. The van der Waals surface area contributed by atoms with E-state index in [2.05, 4.69) is 9.68 Å². The first-order valence-corrected chi connectivity index (χ1v) is 5.36. The number of benzene rings is 2. The average Bonchev–Trinajstić information content (AvgIpc) is 2.44. The Kier molecular flexibility index (Phi) is 3.87. The molecule has 0 amide bonds. The Morgan fingerprint density at radius 1 is 0.778 bits per heavy atom. The highest BCUT2D eigenvalue weighted by molar-refractivity contribution is 5.86. The third kappa shape index (κ3) is 2.49. The molecule has 18 heavy (non-hydrogen) atoms. The summed E-state index contributed by atoms with van der Waals surface area (Å²) in [6.07, 6.45) is 0. The van der Waals surface area contributed by atoms with Crippen LogP contribution in [0.5, 0.6) is 0 Å². The van der Waals surface area contributed by atoms with Gasteiger partial charge in [-0.25, -0.2) is 9.68 Å². The largest absolute Gasteiger partial charge is 0.595 e. The minimum absolute atomic E-state index is 0.381. The van der Waals surface area contributed by atoms with E-state index in [0.717, 1.165) is 10.8 Å². The van der Waals surface area contributed by atoms with Gasteiger partial charge in [0, 0.05) is 24.3 Å². The summed E-state index contributed by atoms with van der Waals surface area (Å²) in [5, 5.41) is 23.7. The van der Waals surface area contributed by atoms with Crippen LogP contribution >= 0.6 is 0 Å². The fraction of sp³-hybridized carbons (Fsp3) is 0.167. The summed E-state index contributed by atoms with van der Waals surface area (Å²) < 4.78 is 0. The van der Waals surface area contributed by atoms with Gasteiger partial charge in [0.05, 0.1) is 14.2 Å². The number of fused-ring (bicyclic) bond motifs is 1. The zero-order valence-corrected chi connectivity index (χ0v) is 10.1.